The second-order valence-electron chi connectivity index (χ2n) is 4.30. The highest BCUT2D eigenvalue weighted by molar-refractivity contribution is 9.10. The molecule has 4 nitrogen and oxygen atoms in total. The Morgan fingerprint density at radius 3 is 2.42 bits per heavy atom. The van der Waals surface area contributed by atoms with E-state index < -0.39 is 0 Å². The van der Waals surface area contributed by atoms with Crippen LogP contribution in [-0.4, -0.2) is 14.1 Å². The number of para-hydroxylation sites is 1. The normalized spacial score (nSPS) is 10.1. The van der Waals surface area contributed by atoms with E-state index in [1.54, 1.807) is 0 Å². The minimum Gasteiger partial charge on any atom is -0.378 e. The summed E-state index contributed by atoms with van der Waals surface area (Å²) in [6.45, 7) is 0. The Balaban J connectivity index is 2.45. The SMILES string of the molecule is CN(C)c1cc(Br)c(N=O)c(Nc2ccccc2)c1. The molecule has 2 aromatic rings. The van der Waals surface area contributed by atoms with Gasteiger partial charge in [0.25, 0.3) is 0 Å². The maximum absolute atomic E-state index is 11.0. The molecule has 2 aromatic carbocycles. The van der Waals surface area contributed by atoms with Gasteiger partial charge in [-0.05, 0) is 45.4 Å². The summed E-state index contributed by atoms with van der Waals surface area (Å²) in [5.74, 6) is 0. The van der Waals surface area contributed by atoms with Gasteiger partial charge in [0.05, 0.1) is 10.2 Å². The summed E-state index contributed by atoms with van der Waals surface area (Å²) < 4.78 is 0.673. The Kier molecular flexibility index (Phi) is 4.16. The molecule has 0 aliphatic rings. The summed E-state index contributed by atoms with van der Waals surface area (Å²) >= 11 is 3.38. The fourth-order valence-electron chi connectivity index (χ4n) is 1.71. The molecule has 0 fully saturated rings. The lowest BCUT2D eigenvalue weighted by atomic mass is 10.2. The Morgan fingerprint density at radius 2 is 1.84 bits per heavy atom. The van der Waals surface area contributed by atoms with Crippen molar-refractivity contribution < 1.29 is 0 Å². The molecule has 0 heterocycles. The van der Waals surface area contributed by atoms with Gasteiger partial charge in [-0.25, -0.2) is 0 Å². The van der Waals surface area contributed by atoms with E-state index in [4.69, 9.17) is 0 Å². The van der Waals surface area contributed by atoms with Crippen molar-refractivity contribution in [2.45, 2.75) is 0 Å². The number of hydrogen-bond donors (Lipinski definition) is 1. The first-order valence-electron chi connectivity index (χ1n) is 5.78. The van der Waals surface area contributed by atoms with Crippen LogP contribution in [0.1, 0.15) is 0 Å². The van der Waals surface area contributed by atoms with Crippen LogP contribution in [0.25, 0.3) is 0 Å². The number of nitrogens with zero attached hydrogens (tertiary/aromatic N) is 2. The summed E-state index contributed by atoms with van der Waals surface area (Å²) in [7, 11) is 3.89. The lowest BCUT2D eigenvalue weighted by Crippen LogP contribution is -2.09. The number of anilines is 3. The van der Waals surface area contributed by atoms with Gasteiger partial charge in [-0.2, -0.15) is 0 Å². The monoisotopic (exact) mass is 319 g/mol. The zero-order valence-corrected chi connectivity index (χ0v) is 12.3. The quantitative estimate of drug-likeness (QED) is 0.834. The van der Waals surface area contributed by atoms with E-state index in [2.05, 4.69) is 26.4 Å². The molecule has 98 valence electrons. The fourth-order valence-corrected chi connectivity index (χ4v) is 2.23. The predicted octanol–water partition coefficient (Wildman–Crippen LogP) is 4.66. The van der Waals surface area contributed by atoms with Gasteiger partial charge in [0.1, 0.15) is 5.69 Å². The first-order chi connectivity index (χ1) is 9.11. The van der Waals surface area contributed by atoms with Gasteiger partial charge in [0.2, 0.25) is 0 Å². The zero-order chi connectivity index (χ0) is 13.8. The second kappa shape index (κ2) is 5.84. The average Bonchev–Trinajstić information content (AvgIpc) is 2.39. The van der Waals surface area contributed by atoms with Crippen LogP contribution in [0.2, 0.25) is 0 Å². The number of hydrogen-bond acceptors (Lipinski definition) is 4. The standard InChI is InChI=1S/C14H14BrN3O/c1-18(2)11-8-12(15)14(17-19)13(9-11)16-10-6-4-3-5-7-10/h3-9,16H,1-2H3. The summed E-state index contributed by atoms with van der Waals surface area (Å²) in [5.41, 5.74) is 2.95. The van der Waals surface area contributed by atoms with E-state index >= 15 is 0 Å². The van der Waals surface area contributed by atoms with Crippen LogP contribution in [0.5, 0.6) is 0 Å². The molecule has 2 rings (SSSR count). The van der Waals surface area contributed by atoms with E-state index in [0.29, 0.717) is 15.8 Å². The molecule has 19 heavy (non-hydrogen) atoms. The van der Waals surface area contributed by atoms with E-state index in [-0.39, 0.29) is 0 Å². The summed E-state index contributed by atoms with van der Waals surface area (Å²) in [4.78, 5) is 13.0. The van der Waals surface area contributed by atoms with Gasteiger partial charge < -0.3 is 10.2 Å². The smallest absolute Gasteiger partial charge is 0.145 e. The summed E-state index contributed by atoms with van der Waals surface area (Å²) in [6.07, 6.45) is 0. The van der Waals surface area contributed by atoms with Crippen molar-refractivity contribution in [3.8, 4) is 0 Å². The molecular formula is C14H14BrN3O. The number of nitroso groups, excluding NO2 is 1. The topological polar surface area (TPSA) is 44.7 Å². The Labute approximate surface area is 120 Å². The van der Waals surface area contributed by atoms with Crippen LogP contribution in [0, 0.1) is 4.91 Å². The van der Waals surface area contributed by atoms with Crippen LogP contribution in [0.3, 0.4) is 0 Å². The molecule has 1 N–H and O–H groups in total. The number of nitrogens with one attached hydrogen (secondary N) is 1. The van der Waals surface area contributed by atoms with Crippen LogP contribution < -0.4 is 10.2 Å². The Hall–Kier alpha value is -1.88. The van der Waals surface area contributed by atoms with Crippen molar-refractivity contribution in [3.63, 3.8) is 0 Å². The maximum Gasteiger partial charge on any atom is 0.145 e. The van der Waals surface area contributed by atoms with Crippen molar-refractivity contribution in [1.82, 2.24) is 0 Å². The molecule has 0 bridgehead atoms. The van der Waals surface area contributed by atoms with Gasteiger partial charge in [-0.15, -0.1) is 4.91 Å². The molecule has 0 atom stereocenters. The van der Waals surface area contributed by atoms with Gasteiger partial charge in [-0.3, -0.25) is 0 Å². The largest absolute Gasteiger partial charge is 0.378 e. The first-order valence-corrected chi connectivity index (χ1v) is 6.57. The third-order valence-electron chi connectivity index (χ3n) is 2.71. The molecule has 0 saturated carbocycles. The molecule has 5 heteroatoms. The number of rotatable bonds is 4. The highest BCUT2D eigenvalue weighted by Crippen LogP contribution is 2.38. The molecule has 0 saturated heterocycles. The lowest BCUT2D eigenvalue weighted by Gasteiger charge is -2.16. The van der Waals surface area contributed by atoms with Gasteiger partial charge in [0.15, 0.2) is 0 Å². The summed E-state index contributed by atoms with van der Waals surface area (Å²) in [5, 5.41) is 6.30. The number of halogens is 1. The molecule has 0 radical (unpaired) electrons. The van der Waals surface area contributed by atoms with Crippen LogP contribution >= 0.6 is 15.9 Å². The van der Waals surface area contributed by atoms with Crippen LogP contribution in [-0.2, 0) is 0 Å². The first kappa shape index (κ1) is 13.5. The maximum atomic E-state index is 11.0. The molecular weight excluding hydrogens is 306 g/mol. The molecule has 0 unspecified atom stereocenters. The molecule has 0 aliphatic heterocycles. The van der Waals surface area contributed by atoms with Crippen molar-refractivity contribution in [3.05, 3.63) is 51.8 Å². The predicted molar refractivity (Wildman–Crippen MR) is 83.6 cm³/mol. The number of benzene rings is 2. The molecule has 0 amide bonds. The minimum atomic E-state index is 0.370. The second-order valence-corrected chi connectivity index (χ2v) is 5.15. The van der Waals surface area contributed by atoms with Crippen molar-refractivity contribution in [1.29, 1.82) is 0 Å². The van der Waals surface area contributed by atoms with E-state index in [1.165, 1.54) is 0 Å². The third-order valence-corrected chi connectivity index (χ3v) is 3.31. The Morgan fingerprint density at radius 1 is 1.16 bits per heavy atom. The average molecular weight is 320 g/mol. The van der Waals surface area contributed by atoms with Gasteiger partial charge >= 0.3 is 0 Å². The highest BCUT2D eigenvalue weighted by atomic mass is 79.9. The zero-order valence-electron chi connectivity index (χ0n) is 10.7. The fraction of sp³-hybridized carbons (Fsp3) is 0.143. The van der Waals surface area contributed by atoms with Gasteiger partial charge in [-0.1, -0.05) is 18.2 Å². The highest BCUT2D eigenvalue weighted by Gasteiger charge is 2.11. The third kappa shape index (κ3) is 3.12. The van der Waals surface area contributed by atoms with E-state index in [0.717, 1.165) is 11.4 Å². The minimum absolute atomic E-state index is 0.370. The van der Waals surface area contributed by atoms with E-state index in [1.807, 2.05) is 61.5 Å². The Bertz CT molecular complexity index is 585. The van der Waals surface area contributed by atoms with Crippen molar-refractivity contribution in [2.24, 2.45) is 5.18 Å². The van der Waals surface area contributed by atoms with E-state index in [9.17, 15) is 4.91 Å². The van der Waals surface area contributed by atoms with Crippen molar-refractivity contribution >= 4 is 38.7 Å². The molecule has 0 aliphatic carbocycles. The summed E-state index contributed by atoms with van der Waals surface area (Å²) in [6, 6.07) is 13.4. The molecule has 0 aromatic heterocycles. The van der Waals surface area contributed by atoms with Crippen LogP contribution in [0.4, 0.5) is 22.7 Å². The van der Waals surface area contributed by atoms with Crippen molar-refractivity contribution in [2.75, 3.05) is 24.3 Å². The molecule has 0 spiro atoms. The van der Waals surface area contributed by atoms with Gasteiger partial charge in [0, 0.05) is 25.5 Å². The lowest BCUT2D eigenvalue weighted by molar-refractivity contribution is 1.13. The van der Waals surface area contributed by atoms with Crippen LogP contribution in [0.15, 0.2) is 52.1 Å².